The number of nitrogens with one attached hydrogen (secondary N) is 2. The Hall–Kier alpha value is -2.73. The van der Waals surface area contributed by atoms with E-state index in [1.165, 1.54) is 13.5 Å². The number of methoxy groups -OCH3 is 1. The molecule has 3 rings (SSSR count). The summed E-state index contributed by atoms with van der Waals surface area (Å²) < 4.78 is 11.2. The van der Waals surface area contributed by atoms with Crippen molar-refractivity contribution >= 4 is 23.4 Å². The number of amides is 2. The highest BCUT2D eigenvalue weighted by Gasteiger charge is 2.20. The molecule has 0 aliphatic heterocycles. The average Bonchev–Trinajstić information content (AvgIpc) is 2.81. The van der Waals surface area contributed by atoms with Crippen LogP contribution in [0.25, 0.3) is 0 Å². The summed E-state index contributed by atoms with van der Waals surface area (Å²) in [5.74, 6) is 1.02. The normalized spacial score (nSPS) is 14.0. The summed E-state index contributed by atoms with van der Waals surface area (Å²) in [7, 11) is 1.53. The number of hydrogen-bond acceptors (Lipinski definition) is 4. The fourth-order valence-electron chi connectivity index (χ4n) is 3.64. The average molecular weight is 445 g/mol. The zero-order chi connectivity index (χ0) is 22.1. The molecule has 2 aromatic carbocycles. The molecule has 31 heavy (non-hydrogen) atoms. The highest BCUT2D eigenvalue weighted by molar-refractivity contribution is 6.30. The predicted octanol–water partition coefficient (Wildman–Crippen LogP) is 4.35. The zero-order valence-electron chi connectivity index (χ0n) is 17.8. The molecule has 0 unspecified atom stereocenters. The van der Waals surface area contributed by atoms with Gasteiger partial charge in [0.1, 0.15) is 6.61 Å². The molecule has 166 valence electrons. The second kappa shape index (κ2) is 11.6. The molecule has 1 saturated carbocycles. The van der Waals surface area contributed by atoms with Crippen LogP contribution in [0, 0.1) is 5.92 Å². The summed E-state index contributed by atoms with van der Waals surface area (Å²) in [6.07, 6.45) is 5.38. The van der Waals surface area contributed by atoms with Gasteiger partial charge in [-0.15, -0.1) is 0 Å². The molecule has 6 nitrogen and oxygen atoms in total. The number of rotatable bonds is 9. The second-order valence-electron chi connectivity index (χ2n) is 7.66. The summed E-state index contributed by atoms with van der Waals surface area (Å²) in [6, 6.07) is 12.5. The van der Waals surface area contributed by atoms with Gasteiger partial charge in [0.15, 0.2) is 11.5 Å². The summed E-state index contributed by atoms with van der Waals surface area (Å²) in [4.78, 5) is 24.6. The van der Waals surface area contributed by atoms with Gasteiger partial charge in [-0.05, 0) is 48.7 Å². The molecular formula is C24H29ClN2O4. The maximum absolute atomic E-state index is 12.4. The molecule has 0 heterocycles. The van der Waals surface area contributed by atoms with E-state index in [1.54, 1.807) is 18.2 Å². The molecule has 0 radical (unpaired) electrons. The van der Waals surface area contributed by atoms with Gasteiger partial charge in [-0.3, -0.25) is 9.59 Å². The molecule has 0 atom stereocenters. The molecule has 2 N–H and O–H groups in total. The third-order valence-corrected chi connectivity index (χ3v) is 5.67. The molecule has 1 aliphatic rings. The van der Waals surface area contributed by atoms with Crippen LogP contribution >= 0.6 is 11.6 Å². The fourth-order valence-corrected chi connectivity index (χ4v) is 3.77. The van der Waals surface area contributed by atoms with Gasteiger partial charge in [-0.1, -0.05) is 43.0 Å². The van der Waals surface area contributed by atoms with Crippen molar-refractivity contribution in [3.05, 3.63) is 58.6 Å². The van der Waals surface area contributed by atoms with Crippen molar-refractivity contribution in [1.82, 2.24) is 10.6 Å². The number of benzene rings is 2. The highest BCUT2D eigenvalue weighted by Crippen LogP contribution is 2.29. The third-order valence-electron chi connectivity index (χ3n) is 5.42. The zero-order valence-corrected chi connectivity index (χ0v) is 18.5. The molecule has 1 fully saturated rings. The van der Waals surface area contributed by atoms with Crippen LogP contribution in [0.15, 0.2) is 42.5 Å². The SMILES string of the molecule is COc1cc(C(=O)NCCNC(=O)C2CCCCC2)ccc1OCc1ccc(Cl)cc1. The minimum Gasteiger partial charge on any atom is -0.493 e. The van der Waals surface area contributed by atoms with Crippen molar-refractivity contribution in [3.63, 3.8) is 0 Å². The lowest BCUT2D eigenvalue weighted by Crippen LogP contribution is -2.38. The van der Waals surface area contributed by atoms with Gasteiger partial charge < -0.3 is 20.1 Å². The molecule has 0 bridgehead atoms. The highest BCUT2D eigenvalue weighted by atomic mass is 35.5. The Morgan fingerprint density at radius 2 is 1.68 bits per heavy atom. The molecule has 7 heteroatoms. The van der Waals surface area contributed by atoms with Crippen LogP contribution in [0.5, 0.6) is 11.5 Å². The van der Waals surface area contributed by atoms with Gasteiger partial charge in [-0.2, -0.15) is 0 Å². The van der Waals surface area contributed by atoms with Gasteiger partial charge >= 0.3 is 0 Å². The number of carbonyl (C=O) groups is 2. The Kier molecular flexibility index (Phi) is 8.59. The van der Waals surface area contributed by atoms with Crippen LogP contribution in [-0.2, 0) is 11.4 Å². The van der Waals surface area contributed by atoms with Crippen molar-refractivity contribution in [2.75, 3.05) is 20.2 Å². The van der Waals surface area contributed by atoms with E-state index in [0.29, 0.717) is 41.8 Å². The van der Waals surface area contributed by atoms with E-state index in [0.717, 1.165) is 31.2 Å². The Bertz CT molecular complexity index is 880. The Balaban J connectivity index is 1.47. The van der Waals surface area contributed by atoms with Gasteiger partial charge in [0.2, 0.25) is 5.91 Å². The lowest BCUT2D eigenvalue weighted by molar-refractivity contribution is -0.125. The first-order chi connectivity index (χ1) is 15.1. The lowest BCUT2D eigenvalue weighted by atomic mass is 9.89. The van der Waals surface area contributed by atoms with Crippen molar-refractivity contribution in [2.24, 2.45) is 5.92 Å². The first kappa shape index (κ1) is 22.9. The Morgan fingerprint density at radius 3 is 2.39 bits per heavy atom. The summed E-state index contributed by atoms with van der Waals surface area (Å²) in [5.41, 5.74) is 1.44. The van der Waals surface area contributed by atoms with Crippen molar-refractivity contribution in [2.45, 2.75) is 38.7 Å². The van der Waals surface area contributed by atoms with Crippen LogP contribution in [-0.4, -0.2) is 32.0 Å². The lowest BCUT2D eigenvalue weighted by Gasteiger charge is -2.20. The summed E-state index contributed by atoms with van der Waals surface area (Å²) in [5, 5.41) is 6.42. The number of ether oxygens (including phenoxy) is 2. The van der Waals surface area contributed by atoms with Crippen LogP contribution in [0.1, 0.15) is 48.0 Å². The standard InChI is InChI=1S/C24H29ClN2O4/c1-30-22-15-19(9-12-21(22)31-16-17-7-10-20(25)11-8-17)24(29)27-14-13-26-23(28)18-5-3-2-4-6-18/h7-12,15,18H,2-6,13-14,16H2,1H3,(H,26,28)(H,27,29). The quantitative estimate of drug-likeness (QED) is 0.563. The molecule has 0 aromatic heterocycles. The van der Waals surface area contributed by atoms with E-state index >= 15 is 0 Å². The van der Waals surface area contributed by atoms with E-state index in [4.69, 9.17) is 21.1 Å². The maximum atomic E-state index is 12.4. The maximum Gasteiger partial charge on any atom is 0.251 e. The first-order valence-corrected chi connectivity index (χ1v) is 11.1. The van der Waals surface area contributed by atoms with Crippen LogP contribution in [0.3, 0.4) is 0 Å². The van der Waals surface area contributed by atoms with E-state index in [1.807, 2.05) is 24.3 Å². The second-order valence-corrected chi connectivity index (χ2v) is 8.10. The molecule has 1 aliphatic carbocycles. The fraction of sp³-hybridized carbons (Fsp3) is 0.417. The molecule has 2 aromatic rings. The number of hydrogen-bond donors (Lipinski definition) is 2. The monoisotopic (exact) mass is 444 g/mol. The summed E-state index contributed by atoms with van der Waals surface area (Å²) in [6.45, 7) is 1.15. The smallest absolute Gasteiger partial charge is 0.251 e. The molecule has 0 saturated heterocycles. The number of halogens is 1. The van der Waals surface area contributed by atoms with Gasteiger partial charge in [0.05, 0.1) is 7.11 Å². The van der Waals surface area contributed by atoms with Crippen LogP contribution in [0.4, 0.5) is 0 Å². The predicted molar refractivity (Wildman–Crippen MR) is 121 cm³/mol. The van der Waals surface area contributed by atoms with Gasteiger partial charge in [-0.25, -0.2) is 0 Å². The Morgan fingerprint density at radius 1 is 0.968 bits per heavy atom. The van der Waals surface area contributed by atoms with E-state index < -0.39 is 0 Å². The van der Waals surface area contributed by atoms with Gasteiger partial charge in [0.25, 0.3) is 5.91 Å². The Labute approximate surface area is 188 Å². The van der Waals surface area contributed by atoms with E-state index in [-0.39, 0.29) is 17.7 Å². The van der Waals surface area contributed by atoms with Crippen molar-refractivity contribution < 1.29 is 19.1 Å². The third kappa shape index (κ3) is 6.89. The van der Waals surface area contributed by atoms with Gasteiger partial charge in [0, 0.05) is 29.6 Å². The first-order valence-electron chi connectivity index (χ1n) is 10.7. The number of carbonyl (C=O) groups excluding carboxylic acids is 2. The molecule has 2 amide bonds. The largest absolute Gasteiger partial charge is 0.493 e. The topological polar surface area (TPSA) is 76.7 Å². The molecule has 0 spiro atoms. The van der Waals surface area contributed by atoms with Crippen LogP contribution < -0.4 is 20.1 Å². The minimum atomic E-state index is -0.227. The van der Waals surface area contributed by atoms with Crippen molar-refractivity contribution in [3.8, 4) is 11.5 Å². The summed E-state index contributed by atoms with van der Waals surface area (Å²) >= 11 is 5.90. The minimum absolute atomic E-state index is 0.0952. The van der Waals surface area contributed by atoms with E-state index in [9.17, 15) is 9.59 Å². The van der Waals surface area contributed by atoms with E-state index in [2.05, 4.69) is 10.6 Å². The van der Waals surface area contributed by atoms with Crippen molar-refractivity contribution in [1.29, 1.82) is 0 Å². The van der Waals surface area contributed by atoms with Crippen LogP contribution in [0.2, 0.25) is 5.02 Å². The molecular weight excluding hydrogens is 416 g/mol.